The molecule has 2 N–H and O–H groups in total. The predicted octanol–water partition coefficient (Wildman–Crippen LogP) is 3.80. The minimum absolute atomic E-state index is 0.274. The van der Waals surface area contributed by atoms with Crippen LogP contribution in [0, 0.1) is 17.3 Å². The number of rotatable bonds is 3. The Bertz CT molecular complexity index is 370. The summed E-state index contributed by atoms with van der Waals surface area (Å²) in [5.74, 6) is 1.92. The van der Waals surface area contributed by atoms with Gasteiger partial charge in [0.2, 0.25) is 0 Å². The van der Waals surface area contributed by atoms with E-state index >= 15 is 0 Å². The Morgan fingerprint density at radius 1 is 1.24 bits per heavy atom. The topological polar surface area (TPSA) is 26.0 Å². The number of hydrogen-bond acceptors (Lipinski definition) is 1. The first kappa shape index (κ1) is 12.6. The lowest BCUT2D eigenvalue weighted by molar-refractivity contribution is -0.0329. The molecule has 0 amide bonds. The van der Waals surface area contributed by atoms with Crippen molar-refractivity contribution in [3.8, 4) is 0 Å². The molecule has 1 nitrogen and oxygen atoms in total. The summed E-state index contributed by atoms with van der Waals surface area (Å²) in [6, 6.07) is 11.3. The molecule has 0 saturated heterocycles. The van der Waals surface area contributed by atoms with Gasteiger partial charge in [0.25, 0.3) is 0 Å². The van der Waals surface area contributed by atoms with Gasteiger partial charge in [-0.15, -0.1) is 0 Å². The zero-order chi connectivity index (χ0) is 12.6. The van der Waals surface area contributed by atoms with E-state index in [0.717, 1.165) is 6.42 Å². The molecule has 0 radical (unpaired) electrons. The van der Waals surface area contributed by atoms with Crippen molar-refractivity contribution in [3.05, 3.63) is 35.9 Å². The maximum Gasteiger partial charge on any atom is 0.0136 e. The Morgan fingerprint density at radius 3 is 2.29 bits per heavy atom. The largest absolute Gasteiger partial charge is 0.327 e. The summed E-state index contributed by atoms with van der Waals surface area (Å²) < 4.78 is 0. The highest BCUT2D eigenvalue weighted by Gasteiger charge is 2.57. The van der Waals surface area contributed by atoms with Gasteiger partial charge >= 0.3 is 0 Å². The van der Waals surface area contributed by atoms with Crippen LogP contribution < -0.4 is 5.73 Å². The van der Waals surface area contributed by atoms with Crippen LogP contribution in [0.4, 0.5) is 0 Å². The van der Waals surface area contributed by atoms with E-state index in [1.807, 2.05) is 0 Å². The second-order valence-corrected chi connectivity index (χ2v) is 6.09. The summed E-state index contributed by atoms with van der Waals surface area (Å²) in [5, 5.41) is 0. The van der Waals surface area contributed by atoms with Gasteiger partial charge in [-0.1, -0.05) is 58.0 Å². The summed E-state index contributed by atoms with van der Waals surface area (Å²) in [6.07, 6.45) is 1.16. The van der Waals surface area contributed by atoms with Crippen LogP contribution in [-0.2, 0) is 0 Å². The van der Waals surface area contributed by atoms with E-state index in [4.69, 9.17) is 5.73 Å². The average Bonchev–Trinajstić information content (AvgIpc) is 2.34. The van der Waals surface area contributed by atoms with Gasteiger partial charge < -0.3 is 5.73 Å². The lowest BCUT2D eigenvalue weighted by Gasteiger charge is -2.60. The van der Waals surface area contributed by atoms with Crippen molar-refractivity contribution in [2.24, 2.45) is 23.0 Å². The lowest BCUT2D eigenvalue weighted by atomic mass is 9.46. The van der Waals surface area contributed by atoms with E-state index < -0.39 is 0 Å². The van der Waals surface area contributed by atoms with Gasteiger partial charge in [0.05, 0.1) is 0 Å². The minimum Gasteiger partial charge on any atom is -0.327 e. The van der Waals surface area contributed by atoms with Crippen molar-refractivity contribution in [2.45, 2.75) is 46.1 Å². The van der Waals surface area contributed by atoms with Gasteiger partial charge in [-0.25, -0.2) is 0 Å². The highest BCUT2D eigenvalue weighted by Crippen LogP contribution is 2.59. The highest BCUT2D eigenvalue weighted by molar-refractivity contribution is 5.30. The van der Waals surface area contributed by atoms with Crippen molar-refractivity contribution in [2.75, 3.05) is 0 Å². The van der Waals surface area contributed by atoms with Crippen LogP contribution >= 0.6 is 0 Å². The Morgan fingerprint density at radius 2 is 1.82 bits per heavy atom. The molecule has 1 fully saturated rings. The molecule has 0 heterocycles. The molecular formula is C16H25N. The second kappa shape index (κ2) is 4.45. The minimum atomic E-state index is 0.274. The maximum atomic E-state index is 6.44. The third-order valence-corrected chi connectivity index (χ3v) is 4.96. The summed E-state index contributed by atoms with van der Waals surface area (Å²) >= 11 is 0. The quantitative estimate of drug-likeness (QED) is 0.841. The van der Waals surface area contributed by atoms with Gasteiger partial charge in [0, 0.05) is 6.04 Å². The Labute approximate surface area is 105 Å². The summed E-state index contributed by atoms with van der Waals surface area (Å²) in [5.41, 5.74) is 8.18. The average molecular weight is 231 g/mol. The summed E-state index contributed by atoms with van der Waals surface area (Å²) in [7, 11) is 0. The molecule has 1 aliphatic carbocycles. The smallest absolute Gasteiger partial charge is 0.0136 e. The number of benzene rings is 1. The van der Waals surface area contributed by atoms with E-state index in [9.17, 15) is 0 Å². The van der Waals surface area contributed by atoms with E-state index in [2.05, 4.69) is 58.0 Å². The van der Waals surface area contributed by atoms with Gasteiger partial charge in [-0.2, -0.15) is 0 Å². The molecule has 1 aromatic carbocycles. The van der Waals surface area contributed by atoms with Crippen molar-refractivity contribution in [3.63, 3.8) is 0 Å². The van der Waals surface area contributed by atoms with Gasteiger partial charge in [-0.05, 0) is 35.2 Å². The zero-order valence-electron chi connectivity index (χ0n) is 11.5. The van der Waals surface area contributed by atoms with Crippen LogP contribution in [0.15, 0.2) is 30.3 Å². The lowest BCUT2D eigenvalue weighted by Crippen LogP contribution is -2.63. The summed E-state index contributed by atoms with van der Waals surface area (Å²) in [4.78, 5) is 0. The molecule has 1 saturated carbocycles. The molecule has 94 valence electrons. The number of nitrogens with two attached hydrogens (primary N) is 1. The standard InChI is InChI=1S/C16H25N/c1-5-16(4)14(12-9-7-6-8-10-12)13(11(2)3)15(16)17/h6-11,13-15H,5,17H2,1-4H3. The molecule has 4 atom stereocenters. The van der Waals surface area contributed by atoms with Gasteiger partial charge in [0.1, 0.15) is 0 Å². The zero-order valence-corrected chi connectivity index (χ0v) is 11.5. The molecule has 1 aliphatic rings. The monoisotopic (exact) mass is 231 g/mol. The second-order valence-electron chi connectivity index (χ2n) is 6.09. The van der Waals surface area contributed by atoms with E-state index in [-0.39, 0.29) is 5.41 Å². The first-order chi connectivity index (χ1) is 8.02. The fourth-order valence-electron chi connectivity index (χ4n) is 3.69. The molecule has 0 aliphatic heterocycles. The third kappa shape index (κ3) is 1.81. The highest BCUT2D eigenvalue weighted by atomic mass is 14.8. The maximum absolute atomic E-state index is 6.44. The van der Waals surface area contributed by atoms with Crippen molar-refractivity contribution < 1.29 is 0 Å². The van der Waals surface area contributed by atoms with Crippen LogP contribution in [-0.4, -0.2) is 6.04 Å². The van der Waals surface area contributed by atoms with Gasteiger partial charge in [0.15, 0.2) is 0 Å². The van der Waals surface area contributed by atoms with Crippen molar-refractivity contribution >= 4 is 0 Å². The van der Waals surface area contributed by atoms with Crippen LogP contribution in [0.3, 0.4) is 0 Å². The van der Waals surface area contributed by atoms with Crippen molar-refractivity contribution in [1.29, 1.82) is 0 Å². The normalized spacial score (nSPS) is 36.9. The van der Waals surface area contributed by atoms with E-state index in [0.29, 0.717) is 23.8 Å². The molecule has 0 bridgehead atoms. The molecule has 2 rings (SSSR count). The fraction of sp³-hybridized carbons (Fsp3) is 0.625. The van der Waals surface area contributed by atoms with Crippen LogP contribution in [0.2, 0.25) is 0 Å². The Kier molecular flexibility index (Phi) is 3.31. The molecule has 1 heteroatoms. The first-order valence-corrected chi connectivity index (χ1v) is 6.83. The van der Waals surface area contributed by atoms with Crippen LogP contribution in [0.5, 0.6) is 0 Å². The third-order valence-electron chi connectivity index (χ3n) is 4.96. The summed E-state index contributed by atoms with van der Waals surface area (Å²) in [6.45, 7) is 9.23. The Hall–Kier alpha value is -0.820. The SMILES string of the molecule is CCC1(C)C(N)C(C(C)C)C1c1ccccc1. The molecular weight excluding hydrogens is 206 g/mol. The fourth-order valence-corrected chi connectivity index (χ4v) is 3.69. The predicted molar refractivity (Wildman–Crippen MR) is 73.9 cm³/mol. The number of hydrogen-bond donors (Lipinski definition) is 1. The molecule has 4 unspecified atom stereocenters. The molecule has 1 aromatic rings. The first-order valence-electron chi connectivity index (χ1n) is 6.83. The van der Waals surface area contributed by atoms with E-state index in [1.54, 1.807) is 0 Å². The van der Waals surface area contributed by atoms with Crippen LogP contribution in [0.25, 0.3) is 0 Å². The van der Waals surface area contributed by atoms with E-state index in [1.165, 1.54) is 5.56 Å². The van der Waals surface area contributed by atoms with Gasteiger partial charge in [-0.3, -0.25) is 0 Å². The molecule has 17 heavy (non-hydrogen) atoms. The van der Waals surface area contributed by atoms with Crippen molar-refractivity contribution in [1.82, 2.24) is 0 Å². The Balaban J connectivity index is 2.35. The molecule has 0 spiro atoms. The van der Waals surface area contributed by atoms with Crippen LogP contribution in [0.1, 0.15) is 45.6 Å². The molecule has 0 aromatic heterocycles.